The van der Waals surface area contributed by atoms with Crippen molar-refractivity contribution in [2.75, 3.05) is 39.6 Å². The second-order valence-electron chi connectivity index (χ2n) is 5.31. The van der Waals surface area contributed by atoms with Crippen LogP contribution in [0.1, 0.15) is 58.3 Å². The highest BCUT2D eigenvalue weighted by molar-refractivity contribution is 4.53. The summed E-state index contributed by atoms with van der Waals surface area (Å²) in [6.45, 7) is 6.79. The average molecular weight is 288 g/mol. The first-order valence-electron chi connectivity index (χ1n) is 8.32. The Balaban J connectivity index is 1.70. The smallest absolute Gasteiger partial charge is 0.157 e. The SMILES string of the molecule is CCCCCCOCCOCCCOC1CCCCO1. The van der Waals surface area contributed by atoms with Crippen LogP contribution in [0, 0.1) is 0 Å². The van der Waals surface area contributed by atoms with E-state index in [9.17, 15) is 0 Å². The largest absolute Gasteiger partial charge is 0.379 e. The van der Waals surface area contributed by atoms with Crippen molar-refractivity contribution in [2.45, 2.75) is 64.6 Å². The van der Waals surface area contributed by atoms with Crippen LogP contribution in [-0.4, -0.2) is 45.9 Å². The van der Waals surface area contributed by atoms with Crippen LogP contribution in [0.15, 0.2) is 0 Å². The molecule has 0 radical (unpaired) electrons. The van der Waals surface area contributed by atoms with E-state index in [2.05, 4.69) is 6.92 Å². The summed E-state index contributed by atoms with van der Waals surface area (Å²) in [4.78, 5) is 0. The molecule has 0 aromatic carbocycles. The van der Waals surface area contributed by atoms with E-state index in [1.807, 2.05) is 0 Å². The molecule has 1 saturated heterocycles. The number of ether oxygens (including phenoxy) is 4. The minimum Gasteiger partial charge on any atom is -0.379 e. The lowest BCUT2D eigenvalue weighted by atomic mass is 10.2. The molecule has 1 fully saturated rings. The monoisotopic (exact) mass is 288 g/mol. The Hall–Kier alpha value is -0.160. The molecule has 0 N–H and O–H groups in total. The first kappa shape index (κ1) is 17.9. The van der Waals surface area contributed by atoms with Crippen LogP contribution in [0.3, 0.4) is 0 Å². The van der Waals surface area contributed by atoms with Gasteiger partial charge < -0.3 is 18.9 Å². The molecule has 120 valence electrons. The maximum absolute atomic E-state index is 5.63. The Labute approximate surface area is 124 Å². The van der Waals surface area contributed by atoms with Crippen molar-refractivity contribution in [3.63, 3.8) is 0 Å². The Kier molecular flexibility index (Phi) is 12.3. The number of hydrogen-bond donors (Lipinski definition) is 0. The van der Waals surface area contributed by atoms with Gasteiger partial charge in [-0.3, -0.25) is 0 Å². The van der Waals surface area contributed by atoms with Gasteiger partial charge in [0.15, 0.2) is 6.29 Å². The third-order valence-corrected chi connectivity index (χ3v) is 3.39. The van der Waals surface area contributed by atoms with Crippen LogP contribution in [0.2, 0.25) is 0 Å². The first-order valence-corrected chi connectivity index (χ1v) is 8.32. The lowest BCUT2D eigenvalue weighted by Crippen LogP contribution is -2.23. The van der Waals surface area contributed by atoms with Gasteiger partial charge in [0.2, 0.25) is 0 Å². The van der Waals surface area contributed by atoms with Crippen molar-refractivity contribution >= 4 is 0 Å². The van der Waals surface area contributed by atoms with Gasteiger partial charge in [-0.2, -0.15) is 0 Å². The molecule has 20 heavy (non-hydrogen) atoms. The van der Waals surface area contributed by atoms with E-state index < -0.39 is 0 Å². The van der Waals surface area contributed by atoms with E-state index in [0.29, 0.717) is 13.2 Å². The Morgan fingerprint density at radius 3 is 2.35 bits per heavy atom. The summed E-state index contributed by atoms with van der Waals surface area (Å²) in [6, 6.07) is 0. The molecule has 4 heteroatoms. The van der Waals surface area contributed by atoms with Gasteiger partial charge in [-0.1, -0.05) is 26.2 Å². The highest BCUT2D eigenvalue weighted by atomic mass is 16.7. The molecule has 0 aliphatic carbocycles. The maximum atomic E-state index is 5.63. The molecule has 1 atom stereocenters. The van der Waals surface area contributed by atoms with Crippen LogP contribution in [-0.2, 0) is 18.9 Å². The molecule has 0 bridgehead atoms. The quantitative estimate of drug-likeness (QED) is 0.486. The van der Waals surface area contributed by atoms with Crippen molar-refractivity contribution in [1.82, 2.24) is 0 Å². The van der Waals surface area contributed by atoms with E-state index in [0.717, 1.165) is 39.3 Å². The summed E-state index contributed by atoms with van der Waals surface area (Å²) in [7, 11) is 0. The summed E-state index contributed by atoms with van der Waals surface area (Å²) < 4.78 is 22.1. The zero-order valence-corrected chi connectivity index (χ0v) is 13.1. The molecule has 1 rings (SSSR count). The van der Waals surface area contributed by atoms with Crippen LogP contribution in [0.4, 0.5) is 0 Å². The molecule has 0 amide bonds. The number of unbranched alkanes of at least 4 members (excludes halogenated alkanes) is 3. The van der Waals surface area contributed by atoms with Crippen molar-refractivity contribution in [3.8, 4) is 0 Å². The first-order chi connectivity index (χ1) is 9.93. The summed E-state index contributed by atoms with van der Waals surface area (Å²) in [5.41, 5.74) is 0. The van der Waals surface area contributed by atoms with Gasteiger partial charge in [0.1, 0.15) is 0 Å². The fourth-order valence-corrected chi connectivity index (χ4v) is 2.17. The molecular formula is C16H32O4. The summed E-state index contributed by atoms with van der Waals surface area (Å²) in [5, 5.41) is 0. The Bertz CT molecular complexity index is 193. The van der Waals surface area contributed by atoms with Gasteiger partial charge in [0, 0.05) is 19.8 Å². The molecule has 1 unspecified atom stereocenters. The van der Waals surface area contributed by atoms with Crippen LogP contribution >= 0.6 is 0 Å². The van der Waals surface area contributed by atoms with Crippen molar-refractivity contribution < 1.29 is 18.9 Å². The van der Waals surface area contributed by atoms with Crippen LogP contribution < -0.4 is 0 Å². The molecule has 0 aromatic heterocycles. The van der Waals surface area contributed by atoms with E-state index in [4.69, 9.17) is 18.9 Å². The normalized spacial score (nSPS) is 19.4. The second-order valence-corrected chi connectivity index (χ2v) is 5.31. The van der Waals surface area contributed by atoms with Crippen LogP contribution in [0.25, 0.3) is 0 Å². The summed E-state index contributed by atoms with van der Waals surface area (Å²) >= 11 is 0. The predicted molar refractivity (Wildman–Crippen MR) is 79.9 cm³/mol. The minimum atomic E-state index is 0.0233. The van der Waals surface area contributed by atoms with E-state index in [-0.39, 0.29) is 6.29 Å². The van der Waals surface area contributed by atoms with Crippen LogP contribution in [0.5, 0.6) is 0 Å². The van der Waals surface area contributed by atoms with Gasteiger partial charge in [-0.25, -0.2) is 0 Å². The van der Waals surface area contributed by atoms with Gasteiger partial charge in [-0.15, -0.1) is 0 Å². The number of hydrogen-bond acceptors (Lipinski definition) is 4. The van der Waals surface area contributed by atoms with E-state index >= 15 is 0 Å². The fourth-order valence-electron chi connectivity index (χ4n) is 2.17. The molecule has 4 nitrogen and oxygen atoms in total. The van der Waals surface area contributed by atoms with E-state index in [1.165, 1.54) is 38.5 Å². The average Bonchev–Trinajstić information content (AvgIpc) is 2.49. The highest BCUT2D eigenvalue weighted by Crippen LogP contribution is 2.13. The van der Waals surface area contributed by atoms with Crippen molar-refractivity contribution in [3.05, 3.63) is 0 Å². The van der Waals surface area contributed by atoms with Gasteiger partial charge >= 0.3 is 0 Å². The molecule has 1 heterocycles. The summed E-state index contributed by atoms with van der Waals surface area (Å²) in [6.07, 6.45) is 9.40. The molecule has 0 saturated carbocycles. The van der Waals surface area contributed by atoms with Gasteiger partial charge in [-0.05, 0) is 32.1 Å². The Morgan fingerprint density at radius 2 is 1.65 bits per heavy atom. The fraction of sp³-hybridized carbons (Fsp3) is 1.00. The van der Waals surface area contributed by atoms with Crippen molar-refractivity contribution in [2.24, 2.45) is 0 Å². The lowest BCUT2D eigenvalue weighted by Gasteiger charge is -2.22. The zero-order chi connectivity index (χ0) is 14.3. The zero-order valence-electron chi connectivity index (χ0n) is 13.1. The standard InChI is InChI=1S/C16H32O4/c1-2-3-4-6-10-17-14-15-18-11-8-13-20-16-9-5-7-12-19-16/h16H,2-15H2,1H3. The van der Waals surface area contributed by atoms with Crippen molar-refractivity contribution in [1.29, 1.82) is 0 Å². The molecule has 1 aliphatic heterocycles. The molecule has 0 spiro atoms. The second kappa shape index (κ2) is 13.8. The predicted octanol–water partition coefficient (Wildman–Crippen LogP) is 3.53. The highest BCUT2D eigenvalue weighted by Gasteiger charge is 2.13. The third kappa shape index (κ3) is 10.6. The third-order valence-electron chi connectivity index (χ3n) is 3.39. The minimum absolute atomic E-state index is 0.0233. The molecular weight excluding hydrogens is 256 g/mol. The molecule has 1 aliphatic rings. The van der Waals surface area contributed by atoms with E-state index in [1.54, 1.807) is 0 Å². The lowest BCUT2D eigenvalue weighted by molar-refractivity contribution is -0.164. The Morgan fingerprint density at radius 1 is 0.850 bits per heavy atom. The molecule has 0 aromatic rings. The number of rotatable bonds is 13. The topological polar surface area (TPSA) is 36.9 Å². The van der Waals surface area contributed by atoms with Gasteiger partial charge in [0.25, 0.3) is 0 Å². The maximum Gasteiger partial charge on any atom is 0.157 e. The summed E-state index contributed by atoms with van der Waals surface area (Å²) in [5.74, 6) is 0. The van der Waals surface area contributed by atoms with Gasteiger partial charge in [0.05, 0.1) is 19.8 Å².